The number of carbonyl (C=O) groups is 1. The van der Waals surface area contributed by atoms with E-state index in [4.69, 9.17) is 14.2 Å². The predicted octanol–water partition coefficient (Wildman–Crippen LogP) is 2.96. The summed E-state index contributed by atoms with van der Waals surface area (Å²) in [4.78, 5) is 15.4. The molecular formula is C19H19N3O4. The number of nitrogens with zero attached hydrogens (tertiary/aromatic N) is 1. The highest BCUT2D eigenvalue weighted by molar-refractivity contribution is 5.99. The molecule has 0 aliphatic carbocycles. The minimum absolute atomic E-state index is 0.356. The Labute approximate surface area is 150 Å². The first-order valence-electron chi connectivity index (χ1n) is 7.87. The number of hydrogen-bond donors (Lipinski definition) is 2. The van der Waals surface area contributed by atoms with Gasteiger partial charge in [0.15, 0.2) is 11.5 Å². The third-order valence-electron chi connectivity index (χ3n) is 3.88. The Morgan fingerprint density at radius 3 is 2.42 bits per heavy atom. The van der Waals surface area contributed by atoms with Gasteiger partial charge in [0.25, 0.3) is 5.91 Å². The lowest BCUT2D eigenvalue weighted by Crippen LogP contribution is -2.17. The van der Waals surface area contributed by atoms with Crippen molar-refractivity contribution in [3.05, 3.63) is 53.7 Å². The van der Waals surface area contributed by atoms with Crippen molar-refractivity contribution in [3.63, 3.8) is 0 Å². The van der Waals surface area contributed by atoms with Crippen LogP contribution in [0.1, 0.15) is 16.1 Å². The van der Waals surface area contributed by atoms with E-state index in [1.165, 1.54) is 6.21 Å². The zero-order valence-electron chi connectivity index (χ0n) is 14.7. The number of para-hydroxylation sites is 1. The molecule has 0 radical (unpaired) electrons. The molecule has 1 heterocycles. The van der Waals surface area contributed by atoms with Crippen LogP contribution in [0.25, 0.3) is 10.9 Å². The molecule has 0 unspecified atom stereocenters. The van der Waals surface area contributed by atoms with E-state index >= 15 is 0 Å². The van der Waals surface area contributed by atoms with Crippen LogP contribution in [0.2, 0.25) is 0 Å². The average Bonchev–Trinajstić information content (AvgIpc) is 3.10. The van der Waals surface area contributed by atoms with Crippen LogP contribution in [0.3, 0.4) is 0 Å². The number of fused-ring (bicyclic) bond motifs is 1. The van der Waals surface area contributed by atoms with Gasteiger partial charge in [-0.2, -0.15) is 5.10 Å². The molecule has 2 N–H and O–H groups in total. The van der Waals surface area contributed by atoms with Gasteiger partial charge < -0.3 is 19.2 Å². The predicted molar refractivity (Wildman–Crippen MR) is 99.5 cm³/mol. The van der Waals surface area contributed by atoms with Gasteiger partial charge in [-0.3, -0.25) is 4.79 Å². The molecular weight excluding hydrogens is 334 g/mol. The number of ether oxygens (including phenoxy) is 3. The smallest absolute Gasteiger partial charge is 0.287 e. The van der Waals surface area contributed by atoms with Crippen molar-refractivity contribution in [1.82, 2.24) is 10.4 Å². The van der Waals surface area contributed by atoms with Gasteiger partial charge in [0, 0.05) is 22.5 Å². The van der Waals surface area contributed by atoms with Crippen LogP contribution in [0.5, 0.6) is 17.2 Å². The third-order valence-corrected chi connectivity index (χ3v) is 3.88. The lowest BCUT2D eigenvalue weighted by Gasteiger charge is -2.06. The van der Waals surface area contributed by atoms with Crippen molar-refractivity contribution in [2.45, 2.75) is 0 Å². The monoisotopic (exact) mass is 353 g/mol. The Morgan fingerprint density at radius 2 is 1.69 bits per heavy atom. The van der Waals surface area contributed by atoms with E-state index in [-0.39, 0.29) is 5.91 Å². The van der Waals surface area contributed by atoms with E-state index in [0.717, 1.165) is 16.5 Å². The van der Waals surface area contributed by atoms with Crippen molar-refractivity contribution in [2.24, 2.45) is 5.10 Å². The van der Waals surface area contributed by atoms with Gasteiger partial charge in [0.2, 0.25) is 0 Å². The second-order valence-corrected chi connectivity index (χ2v) is 5.42. The van der Waals surface area contributed by atoms with Gasteiger partial charge >= 0.3 is 0 Å². The molecule has 2 aromatic carbocycles. The number of H-pyrrole nitrogens is 1. The van der Waals surface area contributed by atoms with Crippen LogP contribution in [0, 0.1) is 0 Å². The van der Waals surface area contributed by atoms with E-state index in [2.05, 4.69) is 15.5 Å². The van der Waals surface area contributed by atoms with E-state index < -0.39 is 0 Å². The summed E-state index contributed by atoms with van der Waals surface area (Å²) in [6.45, 7) is 0. The second-order valence-electron chi connectivity index (χ2n) is 5.42. The number of aromatic nitrogens is 1. The minimum Gasteiger partial charge on any atom is -0.496 e. The molecule has 134 valence electrons. The maximum Gasteiger partial charge on any atom is 0.287 e. The lowest BCUT2D eigenvalue weighted by molar-refractivity contribution is 0.0951. The summed E-state index contributed by atoms with van der Waals surface area (Å²) < 4.78 is 15.8. The van der Waals surface area contributed by atoms with E-state index in [1.54, 1.807) is 39.5 Å². The van der Waals surface area contributed by atoms with Crippen LogP contribution < -0.4 is 19.6 Å². The Morgan fingerprint density at radius 1 is 1.00 bits per heavy atom. The first-order valence-corrected chi connectivity index (χ1v) is 7.87. The number of rotatable bonds is 6. The molecule has 0 aliphatic heterocycles. The summed E-state index contributed by atoms with van der Waals surface area (Å²) in [5.74, 6) is 1.50. The maximum atomic E-state index is 12.3. The SMILES string of the molecule is COc1ccccc1/C=N\NC(=O)c1cc2cc(OC)c(OC)cc2[nH]1. The standard InChI is InChI=1S/C19H19N3O4/c1-24-16-7-5-4-6-12(16)11-20-22-19(23)15-8-13-9-17(25-2)18(26-3)10-14(13)21-15/h4-11,21H,1-3H3,(H,22,23)/b20-11-. The molecule has 7 nitrogen and oxygen atoms in total. The topological polar surface area (TPSA) is 84.9 Å². The Hall–Kier alpha value is -3.48. The third kappa shape index (κ3) is 3.46. The number of benzene rings is 2. The van der Waals surface area contributed by atoms with Crippen molar-refractivity contribution in [1.29, 1.82) is 0 Å². The highest BCUT2D eigenvalue weighted by atomic mass is 16.5. The Bertz CT molecular complexity index is 922. The van der Waals surface area contributed by atoms with Gasteiger partial charge in [-0.05, 0) is 24.3 Å². The molecule has 0 fully saturated rings. The van der Waals surface area contributed by atoms with Gasteiger partial charge in [-0.25, -0.2) is 5.43 Å². The highest BCUT2D eigenvalue weighted by Gasteiger charge is 2.12. The van der Waals surface area contributed by atoms with Crippen molar-refractivity contribution in [3.8, 4) is 17.2 Å². The van der Waals surface area contributed by atoms with E-state index in [1.807, 2.05) is 24.3 Å². The zero-order chi connectivity index (χ0) is 18.5. The summed E-state index contributed by atoms with van der Waals surface area (Å²) in [7, 11) is 4.71. The quantitative estimate of drug-likeness (QED) is 0.527. The van der Waals surface area contributed by atoms with Crippen LogP contribution in [-0.2, 0) is 0 Å². The number of aromatic amines is 1. The molecule has 3 rings (SSSR count). The lowest BCUT2D eigenvalue weighted by atomic mass is 10.2. The molecule has 7 heteroatoms. The van der Waals surface area contributed by atoms with Crippen LogP contribution in [-0.4, -0.2) is 38.4 Å². The van der Waals surface area contributed by atoms with Crippen molar-refractivity contribution < 1.29 is 19.0 Å². The summed E-state index contributed by atoms with van der Waals surface area (Å²) in [5, 5.41) is 4.82. The summed E-state index contributed by atoms with van der Waals surface area (Å²) in [5.41, 5.74) is 4.41. The van der Waals surface area contributed by atoms with Gasteiger partial charge in [-0.1, -0.05) is 12.1 Å². The normalized spacial score (nSPS) is 10.9. The van der Waals surface area contributed by atoms with Gasteiger partial charge in [0.1, 0.15) is 11.4 Å². The van der Waals surface area contributed by atoms with Crippen LogP contribution in [0.4, 0.5) is 0 Å². The van der Waals surface area contributed by atoms with Gasteiger partial charge in [0.05, 0.1) is 27.5 Å². The molecule has 0 atom stereocenters. The van der Waals surface area contributed by atoms with Crippen LogP contribution >= 0.6 is 0 Å². The maximum absolute atomic E-state index is 12.3. The van der Waals surface area contributed by atoms with Crippen molar-refractivity contribution in [2.75, 3.05) is 21.3 Å². The van der Waals surface area contributed by atoms with Crippen LogP contribution in [0.15, 0.2) is 47.6 Å². The fraction of sp³-hybridized carbons (Fsp3) is 0.158. The summed E-state index contributed by atoms with van der Waals surface area (Å²) >= 11 is 0. The van der Waals surface area contributed by atoms with Gasteiger partial charge in [-0.15, -0.1) is 0 Å². The van der Waals surface area contributed by atoms with E-state index in [0.29, 0.717) is 22.9 Å². The summed E-state index contributed by atoms with van der Waals surface area (Å²) in [6, 6.07) is 12.7. The number of amides is 1. The fourth-order valence-electron chi connectivity index (χ4n) is 2.58. The van der Waals surface area contributed by atoms with Crippen molar-refractivity contribution >= 4 is 23.0 Å². The summed E-state index contributed by atoms with van der Waals surface area (Å²) in [6.07, 6.45) is 1.53. The molecule has 3 aromatic rings. The second kappa shape index (κ2) is 7.60. The minimum atomic E-state index is -0.356. The largest absolute Gasteiger partial charge is 0.496 e. The number of hydrogen-bond acceptors (Lipinski definition) is 5. The molecule has 1 aromatic heterocycles. The number of nitrogens with one attached hydrogen (secondary N) is 2. The zero-order valence-corrected chi connectivity index (χ0v) is 14.7. The Balaban J connectivity index is 1.78. The first kappa shape index (κ1) is 17.3. The number of methoxy groups -OCH3 is 3. The first-order chi connectivity index (χ1) is 12.7. The Kier molecular flexibility index (Phi) is 5.07. The molecule has 26 heavy (non-hydrogen) atoms. The molecule has 0 saturated heterocycles. The average molecular weight is 353 g/mol. The molecule has 0 bridgehead atoms. The molecule has 0 saturated carbocycles. The molecule has 1 amide bonds. The van der Waals surface area contributed by atoms with E-state index in [9.17, 15) is 4.79 Å². The number of carbonyl (C=O) groups excluding carboxylic acids is 1. The molecule has 0 spiro atoms. The number of hydrazone groups is 1. The fourth-order valence-corrected chi connectivity index (χ4v) is 2.58. The molecule has 0 aliphatic rings. The highest BCUT2D eigenvalue weighted by Crippen LogP contribution is 2.32.